The summed E-state index contributed by atoms with van der Waals surface area (Å²) in [5.74, 6) is 0. The first-order chi connectivity index (χ1) is 6.75. The summed E-state index contributed by atoms with van der Waals surface area (Å²) in [5, 5.41) is 8.84. The maximum Gasteiger partial charge on any atom is 0.0621 e. The number of hydrogen-bond donors (Lipinski definition) is 1. The second kappa shape index (κ2) is 6.38. The largest absolute Gasteiger partial charge is 0.396 e. The molecule has 1 heterocycles. The van der Waals surface area contributed by atoms with Crippen molar-refractivity contribution in [1.82, 2.24) is 4.90 Å². The van der Waals surface area contributed by atoms with Crippen LogP contribution in [-0.2, 0) is 4.74 Å². The van der Waals surface area contributed by atoms with Crippen LogP contribution in [-0.4, -0.2) is 48.5 Å². The summed E-state index contributed by atoms with van der Waals surface area (Å²) < 4.78 is 5.49. The van der Waals surface area contributed by atoms with Crippen molar-refractivity contribution in [3.05, 3.63) is 0 Å². The van der Waals surface area contributed by atoms with Gasteiger partial charge >= 0.3 is 0 Å². The predicted octanol–water partition coefficient (Wildman–Crippen LogP) is 1.26. The normalized spacial score (nSPS) is 23.4. The number of hydrogen-bond acceptors (Lipinski definition) is 3. The summed E-state index contributed by atoms with van der Waals surface area (Å²) in [5.41, 5.74) is 0. The maximum absolute atomic E-state index is 8.84. The van der Waals surface area contributed by atoms with Gasteiger partial charge < -0.3 is 9.84 Å². The van der Waals surface area contributed by atoms with Crippen LogP contribution < -0.4 is 0 Å². The molecule has 1 atom stereocenters. The maximum atomic E-state index is 8.84. The molecular weight excluding hydrogens is 178 g/mol. The zero-order valence-corrected chi connectivity index (χ0v) is 9.41. The Morgan fingerprint density at radius 2 is 2.29 bits per heavy atom. The minimum atomic E-state index is 0.288. The third-order valence-corrected chi connectivity index (χ3v) is 2.84. The van der Waals surface area contributed by atoms with Gasteiger partial charge in [-0.1, -0.05) is 0 Å². The van der Waals surface area contributed by atoms with Crippen molar-refractivity contribution in [1.29, 1.82) is 0 Å². The van der Waals surface area contributed by atoms with Gasteiger partial charge in [0.05, 0.1) is 6.61 Å². The van der Waals surface area contributed by atoms with E-state index in [2.05, 4.69) is 18.7 Å². The molecular formula is C11H23NO2. The van der Waals surface area contributed by atoms with Gasteiger partial charge in [-0.15, -0.1) is 0 Å². The third kappa shape index (κ3) is 3.56. The van der Waals surface area contributed by atoms with Gasteiger partial charge in [0, 0.05) is 31.8 Å². The van der Waals surface area contributed by atoms with Crippen LogP contribution in [0.4, 0.5) is 0 Å². The van der Waals surface area contributed by atoms with E-state index in [1.807, 2.05) is 0 Å². The second-order valence-electron chi connectivity index (χ2n) is 4.28. The Kier molecular flexibility index (Phi) is 5.45. The quantitative estimate of drug-likeness (QED) is 0.727. The Labute approximate surface area is 87.1 Å². The zero-order chi connectivity index (χ0) is 10.4. The fourth-order valence-corrected chi connectivity index (χ4v) is 2.10. The Morgan fingerprint density at radius 3 is 2.79 bits per heavy atom. The monoisotopic (exact) mass is 201 g/mol. The third-order valence-electron chi connectivity index (χ3n) is 2.84. The molecule has 1 aliphatic heterocycles. The van der Waals surface area contributed by atoms with Crippen molar-refractivity contribution in [3.8, 4) is 0 Å². The number of aliphatic hydroxyl groups is 1. The van der Waals surface area contributed by atoms with E-state index in [4.69, 9.17) is 9.84 Å². The lowest BCUT2D eigenvalue weighted by atomic mass is 10.1. The highest BCUT2D eigenvalue weighted by Gasteiger charge is 2.22. The minimum Gasteiger partial charge on any atom is -0.396 e. The molecule has 3 heteroatoms. The molecule has 0 aromatic heterocycles. The lowest BCUT2D eigenvalue weighted by Gasteiger charge is -2.36. The molecule has 0 aliphatic carbocycles. The SMILES string of the molecule is CC(C)N(CCCO)C1CCCOC1. The van der Waals surface area contributed by atoms with E-state index in [1.54, 1.807) is 0 Å². The van der Waals surface area contributed by atoms with E-state index >= 15 is 0 Å². The van der Waals surface area contributed by atoms with Gasteiger partial charge in [-0.2, -0.15) is 0 Å². The molecule has 1 rings (SSSR count). The summed E-state index contributed by atoms with van der Waals surface area (Å²) in [4.78, 5) is 2.45. The zero-order valence-electron chi connectivity index (χ0n) is 9.41. The summed E-state index contributed by atoms with van der Waals surface area (Å²) in [7, 11) is 0. The van der Waals surface area contributed by atoms with E-state index in [-0.39, 0.29) is 6.61 Å². The Balaban J connectivity index is 2.39. The number of rotatable bonds is 5. The van der Waals surface area contributed by atoms with Crippen LogP contribution in [0.5, 0.6) is 0 Å². The van der Waals surface area contributed by atoms with Crippen LogP contribution in [0.2, 0.25) is 0 Å². The molecule has 0 amide bonds. The molecule has 1 fully saturated rings. The number of aliphatic hydroxyl groups excluding tert-OH is 1. The summed E-state index contributed by atoms with van der Waals surface area (Å²) in [6, 6.07) is 1.11. The highest BCUT2D eigenvalue weighted by molar-refractivity contribution is 4.76. The summed E-state index contributed by atoms with van der Waals surface area (Å²) in [6.07, 6.45) is 3.28. The average molecular weight is 201 g/mol. The highest BCUT2D eigenvalue weighted by Crippen LogP contribution is 2.16. The molecule has 0 saturated carbocycles. The lowest BCUT2D eigenvalue weighted by molar-refractivity contribution is 0.00365. The van der Waals surface area contributed by atoms with Crippen molar-refractivity contribution in [2.24, 2.45) is 0 Å². The highest BCUT2D eigenvalue weighted by atomic mass is 16.5. The van der Waals surface area contributed by atoms with Gasteiger partial charge in [0.25, 0.3) is 0 Å². The standard InChI is InChI=1S/C11H23NO2/c1-10(2)12(6-4-7-13)11-5-3-8-14-9-11/h10-11,13H,3-9H2,1-2H3. The van der Waals surface area contributed by atoms with Gasteiger partial charge in [-0.05, 0) is 33.1 Å². The second-order valence-corrected chi connectivity index (χ2v) is 4.28. The molecule has 1 unspecified atom stereocenters. The van der Waals surface area contributed by atoms with Gasteiger partial charge in [0.15, 0.2) is 0 Å². The average Bonchev–Trinajstić information content (AvgIpc) is 2.19. The van der Waals surface area contributed by atoms with Crippen LogP contribution in [0.1, 0.15) is 33.1 Å². The minimum absolute atomic E-state index is 0.288. The van der Waals surface area contributed by atoms with Crippen molar-refractivity contribution in [2.45, 2.75) is 45.2 Å². The van der Waals surface area contributed by atoms with Crippen LogP contribution in [0.3, 0.4) is 0 Å². The van der Waals surface area contributed by atoms with Crippen LogP contribution in [0.15, 0.2) is 0 Å². The Morgan fingerprint density at radius 1 is 1.50 bits per heavy atom. The van der Waals surface area contributed by atoms with Crippen molar-refractivity contribution < 1.29 is 9.84 Å². The molecule has 0 aromatic carbocycles. The number of nitrogens with zero attached hydrogens (tertiary/aromatic N) is 1. The van der Waals surface area contributed by atoms with E-state index in [1.165, 1.54) is 12.8 Å². The van der Waals surface area contributed by atoms with Crippen LogP contribution >= 0.6 is 0 Å². The van der Waals surface area contributed by atoms with E-state index in [0.717, 1.165) is 26.2 Å². The predicted molar refractivity (Wildman–Crippen MR) is 57.4 cm³/mol. The van der Waals surface area contributed by atoms with Crippen molar-refractivity contribution >= 4 is 0 Å². The van der Waals surface area contributed by atoms with E-state index in [9.17, 15) is 0 Å². The molecule has 0 radical (unpaired) electrons. The lowest BCUT2D eigenvalue weighted by Crippen LogP contribution is -2.45. The first-order valence-corrected chi connectivity index (χ1v) is 5.70. The Hall–Kier alpha value is -0.120. The topological polar surface area (TPSA) is 32.7 Å². The molecule has 0 spiro atoms. The van der Waals surface area contributed by atoms with Crippen LogP contribution in [0, 0.1) is 0 Å². The molecule has 1 aliphatic rings. The van der Waals surface area contributed by atoms with Gasteiger partial charge in [0.2, 0.25) is 0 Å². The van der Waals surface area contributed by atoms with Gasteiger partial charge in [-0.25, -0.2) is 0 Å². The number of ether oxygens (including phenoxy) is 1. The fraction of sp³-hybridized carbons (Fsp3) is 1.00. The molecule has 0 aromatic rings. The van der Waals surface area contributed by atoms with E-state index < -0.39 is 0 Å². The molecule has 1 saturated heterocycles. The molecule has 1 N–H and O–H groups in total. The fourth-order valence-electron chi connectivity index (χ4n) is 2.10. The van der Waals surface area contributed by atoms with E-state index in [0.29, 0.717) is 12.1 Å². The van der Waals surface area contributed by atoms with Crippen molar-refractivity contribution in [3.63, 3.8) is 0 Å². The molecule has 0 bridgehead atoms. The first-order valence-electron chi connectivity index (χ1n) is 5.70. The first kappa shape index (κ1) is 12.0. The molecule has 84 valence electrons. The van der Waals surface area contributed by atoms with Crippen molar-refractivity contribution in [2.75, 3.05) is 26.4 Å². The molecule has 3 nitrogen and oxygen atoms in total. The summed E-state index contributed by atoms with van der Waals surface area (Å²) in [6.45, 7) is 7.49. The smallest absolute Gasteiger partial charge is 0.0621 e. The van der Waals surface area contributed by atoms with Crippen LogP contribution in [0.25, 0.3) is 0 Å². The van der Waals surface area contributed by atoms with Gasteiger partial charge in [-0.3, -0.25) is 4.90 Å². The molecule has 14 heavy (non-hydrogen) atoms. The summed E-state index contributed by atoms with van der Waals surface area (Å²) >= 11 is 0. The Bertz CT molecular complexity index is 144. The van der Waals surface area contributed by atoms with Gasteiger partial charge in [0.1, 0.15) is 0 Å².